The summed E-state index contributed by atoms with van der Waals surface area (Å²) in [4.78, 5) is 11.6. The van der Waals surface area contributed by atoms with E-state index in [0.29, 0.717) is 18.9 Å². The molecule has 19 heavy (non-hydrogen) atoms. The van der Waals surface area contributed by atoms with Crippen LogP contribution in [0.2, 0.25) is 5.02 Å². The molecule has 6 heteroatoms. The van der Waals surface area contributed by atoms with Gasteiger partial charge in [0.05, 0.1) is 16.0 Å². The summed E-state index contributed by atoms with van der Waals surface area (Å²) in [5.74, 6) is -4.51. The molecular formula is C13H13ClF2O3. The number of phenolic OH excluding ortho intramolecular Hbond substituents is 1. The molecule has 0 radical (unpaired) electrons. The Hall–Kier alpha value is -1.36. The molecule has 1 aromatic carbocycles. The maximum absolute atomic E-state index is 14.0. The number of carbonyl (C=O) groups is 1. The summed E-state index contributed by atoms with van der Waals surface area (Å²) < 4.78 is 27.4. The topological polar surface area (TPSA) is 57.5 Å². The van der Waals surface area contributed by atoms with Crippen LogP contribution in [0.15, 0.2) is 6.07 Å². The number of aromatic hydroxyl groups is 1. The Balaban J connectivity index is 2.70. The first kappa shape index (κ1) is 14.1. The number of carboxylic acid groups (broad SMARTS) is 1. The fourth-order valence-electron chi connectivity index (χ4n) is 2.75. The largest absolute Gasteiger partial charge is 0.506 e. The summed E-state index contributed by atoms with van der Waals surface area (Å²) in [7, 11) is 0. The SMILES string of the molecule is O=C(O)C1(c2c(O)c(Cl)cc(F)c2F)CCCCC1. The van der Waals surface area contributed by atoms with E-state index >= 15 is 0 Å². The zero-order valence-electron chi connectivity index (χ0n) is 10.0. The zero-order chi connectivity index (χ0) is 14.2. The lowest BCUT2D eigenvalue weighted by atomic mass is 9.69. The molecule has 1 aliphatic carbocycles. The monoisotopic (exact) mass is 290 g/mol. The van der Waals surface area contributed by atoms with Crippen molar-refractivity contribution >= 4 is 17.6 Å². The molecule has 0 amide bonds. The van der Waals surface area contributed by atoms with Gasteiger partial charge in [0.15, 0.2) is 11.6 Å². The molecule has 0 unspecified atom stereocenters. The van der Waals surface area contributed by atoms with E-state index in [-0.39, 0.29) is 17.9 Å². The van der Waals surface area contributed by atoms with Crippen molar-refractivity contribution in [3.63, 3.8) is 0 Å². The second-order valence-electron chi connectivity index (χ2n) is 4.83. The van der Waals surface area contributed by atoms with Gasteiger partial charge in [0.1, 0.15) is 5.75 Å². The number of phenols is 1. The molecule has 2 rings (SSSR count). The molecule has 1 saturated carbocycles. The van der Waals surface area contributed by atoms with E-state index in [4.69, 9.17) is 11.6 Å². The minimum atomic E-state index is -1.60. The van der Waals surface area contributed by atoms with Crippen LogP contribution < -0.4 is 0 Å². The Labute approximate surface area is 113 Å². The Bertz CT molecular complexity index is 499. The van der Waals surface area contributed by atoms with Crippen LogP contribution in [0.3, 0.4) is 0 Å². The Morgan fingerprint density at radius 2 is 1.84 bits per heavy atom. The van der Waals surface area contributed by atoms with E-state index in [0.717, 1.165) is 6.42 Å². The molecule has 1 aliphatic rings. The molecular weight excluding hydrogens is 278 g/mol. The fraction of sp³-hybridized carbons (Fsp3) is 0.462. The Morgan fingerprint density at radius 1 is 1.26 bits per heavy atom. The van der Waals surface area contributed by atoms with Gasteiger partial charge >= 0.3 is 5.97 Å². The van der Waals surface area contributed by atoms with E-state index < -0.39 is 34.3 Å². The van der Waals surface area contributed by atoms with Crippen molar-refractivity contribution < 1.29 is 23.8 Å². The summed E-state index contributed by atoms with van der Waals surface area (Å²) in [6.45, 7) is 0. The van der Waals surface area contributed by atoms with Gasteiger partial charge in [-0.05, 0) is 18.9 Å². The van der Waals surface area contributed by atoms with Gasteiger partial charge in [-0.1, -0.05) is 30.9 Å². The smallest absolute Gasteiger partial charge is 0.314 e. The zero-order valence-corrected chi connectivity index (χ0v) is 10.8. The quantitative estimate of drug-likeness (QED) is 0.818. The number of hydrogen-bond acceptors (Lipinski definition) is 2. The molecule has 1 aromatic rings. The molecule has 1 fully saturated rings. The molecule has 0 spiro atoms. The first-order chi connectivity index (χ1) is 8.90. The number of hydrogen-bond donors (Lipinski definition) is 2. The summed E-state index contributed by atoms with van der Waals surface area (Å²) in [5, 5.41) is 18.9. The van der Waals surface area contributed by atoms with Crippen LogP contribution in [0.1, 0.15) is 37.7 Å². The molecule has 3 nitrogen and oxygen atoms in total. The van der Waals surface area contributed by atoms with Gasteiger partial charge < -0.3 is 10.2 Å². The van der Waals surface area contributed by atoms with E-state index in [2.05, 4.69) is 0 Å². The van der Waals surface area contributed by atoms with Gasteiger partial charge in [-0.3, -0.25) is 4.79 Å². The Morgan fingerprint density at radius 3 is 2.37 bits per heavy atom. The van der Waals surface area contributed by atoms with Gasteiger partial charge in [-0.25, -0.2) is 8.78 Å². The third-order valence-corrected chi connectivity index (χ3v) is 4.03. The van der Waals surface area contributed by atoms with Crippen molar-refractivity contribution in [3.8, 4) is 5.75 Å². The minimum Gasteiger partial charge on any atom is -0.506 e. The van der Waals surface area contributed by atoms with Crippen LogP contribution in [-0.2, 0) is 10.2 Å². The van der Waals surface area contributed by atoms with Gasteiger partial charge in [0, 0.05) is 0 Å². The number of benzene rings is 1. The standard InChI is InChI=1S/C13H13ClF2O3/c14-7-6-8(15)10(16)9(11(7)17)13(12(18)19)4-2-1-3-5-13/h6,17H,1-5H2,(H,18,19). The van der Waals surface area contributed by atoms with E-state index in [1.54, 1.807) is 0 Å². The maximum Gasteiger partial charge on any atom is 0.314 e. The number of carboxylic acids is 1. The highest BCUT2D eigenvalue weighted by molar-refractivity contribution is 6.32. The third-order valence-electron chi connectivity index (χ3n) is 3.74. The molecule has 0 bridgehead atoms. The van der Waals surface area contributed by atoms with Gasteiger partial charge in [-0.2, -0.15) is 0 Å². The van der Waals surface area contributed by atoms with Gasteiger partial charge in [-0.15, -0.1) is 0 Å². The van der Waals surface area contributed by atoms with Crippen molar-refractivity contribution in [2.75, 3.05) is 0 Å². The summed E-state index contributed by atoms with van der Waals surface area (Å²) in [6.07, 6.45) is 2.32. The van der Waals surface area contributed by atoms with Crippen LogP contribution in [0.5, 0.6) is 5.75 Å². The molecule has 0 aliphatic heterocycles. The highest BCUT2D eigenvalue weighted by Gasteiger charge is 2.46. The summed E-state index contributed by atoms with van der Waals surface area (Å²) in [6, 6.07) is 0.647. The number of aliphatic carboxylic acids is 1. The highest BCUT2D eigenvalue weighted by atomic mass is 35.5. The molecule has 0 atom stereocenters. The number of rotatable bonds is 2. The normalized spacial score (nSPS) is 18.3. The van der Waals surface area contributed by atoms with Gasteiger partial charge in [0.2, 0.25) is 0 Å². The molecule has 0 aromatic heterocycles. The predicted octanol–water partition coefficient (Wildman–Crippen LogP) is 3.61. The average Bonchev–Trinajstić information content (AvgIpc) is 2.37. The van der Waals surface area contributed by atoms with Crippen molar-refractivity contribution in [2.24, 2.45) is 0 Å². The first-order valence-electron chi connectivity index (χ1n) is 6.00. The van der Waals surface area contributed by atoms with E-state index in [1.165, 1.54) is 0 Å². The molecule has 0 heterocycles. The maximum atomic E-state index is 14.0. The first-order valence-corrected chi connectivity index (χ1v) is 6.38. The van der Waals surface area contributed by atoms with E-state index in [1.807, 2.05) is 0 Å². The van der Waals surface area contributed by atoms with E-state index in [9.17, 15) is 23.8 Å². The average molecular weight is 291 g/mol. The summed E-state index contributed by atoms with van der Waals surface area (Å²) in [5.41, 5.74) is -2.12. The lowest BCUT2D eigenvalue weighted by Crippen LogP contribution is -2.39. The minimum absolute atomic E-state index is 0.159. The third kappa shape index (κ3) is 2.16. The van der Waals surface area contributed by atoms with Crippen molar-refractivity contribution in [1.82, 2.24) is 0 Å². The second kappa shape index (κ2) is 4.96. The van der Waals surface area contributed by atoms with Crippen LogP contribution in [0.4, 0.5) is 8.78 Å². The van der Waals surface area contributed by atoms with Gasteiger partial charge in [0.25, 0.3) is 0 Å². The molecule has 104 valence electrons. The van der Waals surface area contributed by atoms with Crippen LogP contribution in [-0.4, -0.2) is 16.2 Å². The molecule has 2 N–H and O–H groups in total. The highest BCUT2D eigenvalue weighted by Crippen LogP contribution is 2.47. The van der Waals surface area contributed by atoms with Crippen LogP contribution >= 0.6 is 11.6 Å². The number of halogens is 3. The van der Waals surface area contributed by atoms with Crippen molar-refractivity contribution in [3.05, 3.63) is 28.3 Å². The van der Waals surface area contributed by atoms with Crippen LogP contribution in [0.25, 0.3) is 0 Å². The van der Waals surface area contributed by atoms with Crippen LogP contribution in [0, 0.1) is 11.6 Å². The lowest BCUT2D eigenvalue weighted by molar-refractivity contribution is -0.145. The predicted molar refractivity (Wildman–Crippen MR) is 65.4 cm³/mol. The fourth-order valence-corrected chi connectivity index (χ4v) is 2.94. The lowest BCUT2D eigenvalue weighted by Gasteiger charge is -2.34. The Kier molecular flexibility index (Phi) is 3.67. The summed E-state index contributed by atoms with van der Waals surface area (Å²) >= 11 is 5.63. The van der Waals surface area contributed by atoms with Crippen molar-refractivity contribution in [1.29, 1.82) is 0 Å². The van der Waals surface area contributed by atoms with Crippen molar-refractivity contribution in [2.45, 2.75) is 37.5 Å². The molecule has 0 saturated heterocycles. The second-order valence-corrected chi connectivity index (χ2v) is 5.23.